The Bertz CT molecular complexity index is 1160. The molecule has 1 amide bonds. The molecule has 30 heavy (non-hydrogen) atoms. The van der Waals surface area contributed by atoms with Crippen molar-refractivity contribution in [2.24, 2.45) is 0 Å². The molecular formula is C22H22BN5OS. The molecule has 0 bridgehead atoms. The summed E-state index contributed by atoms with van der Waals surface area (Å²) in [7, 11) is 6.07. The molecule has 0 unspecified atom stereocenters. The van der Waals surface area contributed by atoms with Crippen molar-refractivity contribution in [3.63, 3.8) is 0 Å². The molecule has 4 rings (SSSR count). The molecule has 0 aliphatic heterocycles. The van der Waals surface area contributed by atoms with E-state index < -0.39 is 0 Å². The molecule has 3 heterocycles. The first kappa shape index (κ1) is 20.2. The van der Waals surface area contributed by atoms with Crippen LogP contribution in [0.25, 0.3) is 16.9 Å². The summed E-state index contributed by atoms with van der Waals surface area (Å²) in [5, 5.41) is 12.7. The van der Waals surface area contributed by atoms with E-state index in [9.17, 15) is 4.79 Å². The molecule has 3 aromatic heterocycles. The minimum absolute atomic E-state index is 0.0467. The number of anilines is 1. The third kappa shape index (κ3) is 4.54. The summed E-state index contributed by atoms with van der Waals surface area (Å²) >= 11 is 1.60. The molecule has 8 heteroatoms. The fraction of sp³-hybridized carbons (Fsp3) is 0.227. The average Bonchev–Trinajstić information content (AvgIpc) is 3.38. The van der Waals surface area contributed by atoms with E-state index in [2.05, 4.69) is 28.7 Å². The van der Waals surface area contributed by atoms with E-state index in [0.29, 0.717) is 30.6 Å². The lowest BCUT2D eigenvalue weighted by molar-refractivity contribution is -0.120. The van der Waals surface area contributed by atoms with Crippen molar-refractivity contribution in [1.82, 2.24) is 19.9 Å². The third-order valence-corrected chi connectivity index (χ3v) is 5.69. The second kappa shape index (κ2) is 9.13. The Balaban J connectivity index is 1.41. The summed E-state index contributed by atoms with van der Waals surface area (Å²) < 4.78 is 1.71. The maximum Gasteiger partial charge on any atom is 0.225 e. The van der Waals surface area contributed by atoms with Crippen molar-refractivity contribution < 1.29 is 4.79 Å². The molecule has 4 aromatic rings. The highest BCUT2D eigenvalue weighted by Gasteiger charge is 2.11. The number of fused-ring (bicyclic) bond motifs is 1. The second-order valence-corrected chi connectivity index (χ2v) is 8.10. The first-order valence-electron chi connectivity index (χ1n) is 9.85. The normalized spacial score (nSPS) is 11.0. The molecule has 0 spiro atoms. The van der Waals surface area contributed by atoms with Crippen LogP contribution >= 0.6 is 11.3 Å². The molecule has 0 saturated carbocycles. The number of carbonyl (C=O) groups is 1. The van der Waals surface area contributed by atoms with Crippen molar-refractivity contribution in [1.29, 1.82) is 0 Å². The van der Waals surface area contributed by atoms with Gasteiger partial charge in [0.25, 0.3) is 0 Å². The lowest BCUT2D eigenvalue weighted by atomic mass is 10.00. The summed E-state index contributed by atoms with van der Waals surface area (Å²) in [6.45, 7) is 3.36. The summed E-state index contributed by atoms with van der Waals surface area (Å²) in [5.41, 5.74) is 4.22. The zero-order valence-electron chi connectivity index (χ0n) is 16.8. The fourth-order valence-electron chi connectivity index (χ4n) is 3.27. The minimum atomic E-state index is 0.0467. The number of benzene rings is 1. The zero-order valence-corrected chi connectivity index (χ0v) is 17.6. The molecule has 0 fully saturated rings. The van der Waals surface area contributed by atoms with E-state index in [1.807, 2.05) is 41.8 Å². The van der Waals surface area contributed by atoms with Gasteiger partial charge in [-0.3, -0.25) is 4.79 Å². The Morgan fingerprint density at radius 3 is 2.87 bits per heavy atom. The van der Waals surface area contributed by atoms with Gasteiger partial charge in [-0.2, -0.15) is 9.61 Å². The van der Waals surface area contributed by atoms with E-state index >= 15 is 0 Å². The van der Waals surface area contributed by atoms with E-state index in [1.165, 1.54) is 0 Å². The van der Waals surface area contributed by atoms with Crippen LogP contribution in [0.5, 0.6) is 0 Å². The van der Waals surface area contributed by atoms with Gasteiger partial charge in [0.15, 0.2) is 5.65 Å². The SMILES string of the molecule is [B]c1cnn2c(NCCCNC(=O)Cc3cccs3)cc(-c3ccccc3C)nc12. The smallest absolute Gasteiger partial charge is 0.225 e. The lowest BCUT2D eigenvalue weighted by Gasteiger charge is -2.12. The van der Waals surface area contributed by atoms with Crippen LogP contribution in [0.1, 0.15) is 16.9 Å². The average molecular weight is 415 g/mol. The van der Waals surface area contributed by atoms with Crippen LogP contribution in [-0.2, 0) is 11.2 Å². The minimum Gasteiger partial charge on any atom is -0.370 e. The molecule has 6 nitrogen and oxygen atoms in total. The Morgan fingerprint density at radius 1 is 1.20 bits per heavy atom. The number of hydrogen-bond acceptors (Lipinski definition) is 5. The van der Waals surface area contributed by atoms with Gasteiger partial charge in [0.05, 0.1) is 12.1 Å². The van der Waals surface area contributed by atoms with Crippen molar-refractivity contribution in [2.45, 2.75) is 19.8 Å². The molecular weight excluding hydrogens is 393 g/mol. The van der Waals surface area contributed by atoms with Crippen molar-refractivity contribution >= 4 is 42.0 Å². The quantitative estimate of drug-likeness (QED) is 0.343. The van der Waals surface area contributed by atoms with Gasteiger partial charge in [0, 0.05) is 35.8 Å². The van der Waals surface area contributed by atoms with Crippen LogP contribution < -0.4 is 16.1 Å². The number of aryl methyl sites for hydroxylation is 1. The number of nitrogens with zero attached hydrogens (tertiary/aromatic N) is 3. The highest BCUT2D eigenvalue weighted by Crippen LogP contribution is 2.24. The van der Waals surface area contributed by atoms with Crippen molar-refractivity contribution in [2.75, 3.05) is 18.4 Å². The first-order chi connectivity index (χ1) is 14.6. The number of thiophene rings is 1. The molecule has 2 N–H and O–H groups in total. The largest absolute Gasteiger partial charge is 0.370 e. The highest BCUT2D eigenvalue weighted by molar-refractivity contribution is 7.10. The Kier molecular flexibility index (Phi) is 6.14. The fourth-order valence-corrected chi connectivity index (χ4v) is 3.97. The number of carbonyl (C=O) groups excluding carboxylic acids is 1. The van der Waals surface area contributed by atoms with Gasteiger partial charge >= 0.3 is 0 Å². The predicted molar refractivity (Wildman–Crippen MR) is 123 cm³/mol. The molecule has 1 aromatic carbocycles. The molecule has 150 valence electrons. The lowest BCUT2D eigenvalue weighted by Crippen LogP contribution is -2.27. The molecule has 0 aliphatic carbocycles. The van der Waals surface area contributed by atoms with Crippen LogP contribution in [0.4, 0.5) is 5.82 Å². The van der Waals surface area contributed by atoms with Gasteiger partial charge in [0.2, 0.25) is 5.91 Å². The Morgan fingerprint density at radius 2 is 2.07 bits per heavy atom. The highest BCUT2D eigenvalue weighted by atomic mass is 32.1. The number of aromatic nitrogens is 3. The van der Waals surface area contributed by atoms with E-state index in [4.69, 9.17) is 12.8 Å². The van der Waals surface area contributed by atoms with Crippen LogP contribution in [0.2, 0.25) is 0 Å². The summed E-state index contributed by atoms with van der Waals surface area (Å²) in [6.07, 6.45) is 2.83. The number of rotatable bonds is 8. The molecule has 0 saturated heterocycles. The first-order valence-corrected chi connectivity index (χ1v) is 10.7. The Hall–Kier alpha value is -3.13. The van der Waals surface area contributed by atoms with Crippen LogP contribution in [-0.4, -0.2) is 41.4 Å². The van der Waals surface area contributed by atoms with Crippen LogP contribution in [0.15, 0.2) is 54.0 Å². The van der Waals surface area contributed by atoms with Gasteiger partial charge in [-0.1, -0.05) is 30.3 Å². The van der Waals surface area contributed by atoms with Crippen molar-refractivity contribution in [3.8, 4) is 11.3 Å². The molecule has 0 atom stereocenters. The van der Waals surface area contributed by atoms with Gasteiger partial charge in [-0.05, 0) is 35.8 Å². The van der Waals surface area contributed by atoms with Gasteiger partial charge < -0.3 is 10.6 Å². The second-order valence-electron chi connectivity index (χ2n) is 7.06. The van der Waals surface area contributed by atoms with Gasteiger partial charge in [-0.25, -0.2) is 4.98 Å². The predicted octanol–water partition coefficient (Wildman–Crippen LogP) is 2.72. The topological polar surface area (TPSA) is 71.3 Å². The standard InChI is InChI=1S/C22H22BN5OS/c1-15-6-2-3-8-17(15)19-13-20(28-22(27-19)18(23)14-26-28)24-9-5-10-25-21(29)12-16-7-4-11-30-16/h2-4,6-8,11,13-14,24H,5,9-10,12H2,1H3,(H,25,29). The Labute approximate surface area is 180 Å². The monoisotopic (exact) mass is 415 g/mol. The van der Waals surface area contributed by atoms with Crippen LogP contribution in [0, 0.1) is 6.92 Å². The van der Waals surface area contributed by atoms with E-state index in [0.717, 1.165) is 33.9 Å². The number of nitrogens with one attached hydrogen (secondary N) is 2. The van der Waals surface area contributed by atoms with E-state index in [-0.39, 0.29) is 5.91 Å². The van der Waals surface area contributed by atoms with Crippen LogP contribution in [0.3, 0.4) is 0 Å². The summed E-state index contributed by atoms with van der Waals surface area (Å²) in [4.78, 5) is 17.8. The van der Waals surface area contributed by atoms with Gasteiger partial charge in [-0.15, -0.1) is 11.3 Å². The zero-order chi connectivity index (χ0) is 20.9. The molecule has 0 aliphatic rings. The number of hydrogen-bond donors (Lipinski definition) is 2. The van der Waals surface area contributed by atoms with Crippen molar-refractivity contribution in [3.05, 3.63) is 64.5 Å². The molecule has 2 radical (unpaired) electrons. The number of amides is 1. The summed E-state index contributed by atoms with van der Waals surface area (Å²) in [5.74, 6) is 0.866. The van der Waals surface area contributed by atoms with E-state index in [1.54, 1.807) is 22.0 Å². The maximum absolute atomic E-state index is 12.0. The van der Waals surface area contributed by atoms with Gasteiger partial charge in [0.1, 0.15) is 13.7 Å². The maximum atomic E-state index is 12.0. The summed E-state index contributed by atoms with van der Waals surface area (Å²) in [6, 6.07) is 14.0. The third-order valence-electron chi connectivity index (χ3n) is 4.82.